The maximum atomic E-state index is 13.4. The summed E-state index contributed by atoms with van der Waals surface area (Å²) in [5, 5.41) is 7.29. The number of aryl methyl sites for hydroxylation is 1. The highest BCUT2D eigenvalue weighted by Crippen LogP contribution is 2.25. The van der Waals surface area contributed by atoms with Crippen molar-refractivity contribution < 1.29 is 4.39 Å². The lowest BCUT2D eigenvalue weighted by Crippen LogP contribution is -2.17. The standard InChI is InChI=1S/C12H13BrFN3/c1-15-12(9-6-16-17(2)7-9)8-3-10(13)5-11(14)4-8/h3-7,12,15H,1-2H3. The third-order valence-electron chi connectivity index (χ3n) is 2.57. The molecule has 1 heterocycles. The summed E-state index contributed by atoms with van der Waals surface area (Å²) in [4.78, 5) is 0. The van der Waals surface area contributed by atoms with E-state index in [0.29, 0.717) is 0 Å². The van der Waals surface area contributed by atoms with Gasteiger partial charge >= 0.3 is 0 Å². The van der Waals surface area contributed by atoms with Gasteiger partial charge in [-0.1, -0.05) is 15.9 Å². The van der Waals surface area contributed by atoms with E-state index in [4.69, 9.17) is 0 Å². The van der Waals surface area contributed by atoms with E-state index >= 15 is 0 Å². The second-order valence-corrected chi connectivity index (χ2v) is 4.79. The number of hydrogen-bond donors (Lipinski definition) is 1. The van der Waals surface area contributed by atoms with Crippen LogP contribution in [0.25, 0.3) is 0 Å². The Bertz CT molecular complexity index is 504. The number of benzene rings is 1. The van der Waals surface area contributed by atoms with Gasteiger partial charge in [0.15, 0.2) is 0 Å². The van der Waals surface area contributed by atoms with Crippen molar-refractivity contribution in [2.75, 3.05) is 7.05 Å². The fourth-order valence-electron chi connectivity index (χ4n) is 1.86. The van der Waals surface area contributed by atoms with E-state index in [1.807, 2.05) is 26.4 Å². The molecule has 0 saturated heterocycles. The van der Waals surface area contributed by atoms with Crippen LogP contribution in [-0.2, 0) is 7.05 Å². The van der Waals surface area contributed by atoms with Gasteiger partial charge in [0.05, 0.1) is 12.2 Å². The molecule has 0 aliphatic rings. The molecule has 17 heavy (non-hydrogen) atoms. The van der Waals surface area contributed by atoms with Gasteiger partial charge in [0, 0.05) is 23.3 Å². The minimum Gasteiger partial charge on any atom is -0.309 e. The molecular formula is C12H13BrFN3. The predicted octanol–water partition coefficient (Wildman–Crippen LogP) is 2.63. The van der Waals surface area contributed by atoms with Gasteiger partial charge in [0.25, 0.3) is 0 Å². The summed E-state index contributed by atoms with van der Waals surface area (Å²) in [5.74, 6) is -0.251. The zero-order valence-electron chi connectivity index (χ0n) is 9.61. The van der Waals surface area contributed by atoms with Crippen molar-refractivity contribution in [2.45, 2.75) is 6.04 Å². The number of halogens is 2. The Morgan fingerprint density at radius 3 is 2.65 bits per heavy atom. The second kappa shape index (κ2) is 4.98. The van der Waals surface area contributed by atoms with Crippen molar-refractivity contribution in [3.63, 3.8) is 0 Å². The summed E-state index contributed by atoms with van der Waals surface area (Å²) in [7, 11) is 3.70. The molecule has 0 bridgehead atoms. The van der Waals surface area contributed by atoms with Crippen LogP contribution in [0, 0.1) is 5.82 Å². The highest BCUT2D eigenvalue weighted by Gasteiger charge is 2.14. The summed E-state index contributed by atoms with van der Waals surface area (Å²) in [6.07, 6.45) is 3.69. The van der Waals surface area contributed by atoms with E-state index in [1.54, 1.807) is 10.9 Å². The van der Waals surface area contributed by atoms with Gasteiger partial charge in [0.2, 0.25) is 0 Å². The Labute approximate surface area is 108 Å². The van der Waals surface area contributed by atoms with Crippen LogP contribution in [0.1, 0.15) is 17.2 Å². The minimum absolute atomic E-state index is 0.0595. The largest absolute Gasteiger partial charge is 0.309 e. The van der Waals surface area contributed by atoms with E-state index in [2.05, 4.69) is 26.3 Å². The first-order valence-electron chi connectivity index (χ1n) is 5.22. The van der Waals surface area contributed by atoms with Crippen LogP contribution in [0.2, 0.25) is 0 Å². The Kier molecular flexibility index (Phi) is 3.59. The fraction of sp³-hybridized carbons (Fsp3) is 0.250. The van der Waals surface area contributed by atoms with Gasteiger partial charge in [-0.05, 0) is 30.8 Å². The van der Waals surface area contributed by atoms with Gasteiger partial charge < -0.3 is 5.32 Å². The molecule has 0 saturated carbocycles. The third-order valence-corrected chi connectivity index (χ3v) is 3.02. The van der Waals surface area contributed by atoms with Crippen LogP contribution >= 0.6 is 15.9 Å². The molecule has 90 valence electrons. The van der Waals surface area contributed by atoms with Crippen LogP contribution < -0.4 is 5.32 Å². The first-order chi connectivity index (χ1) is 8.10. The molecule has 0 fully saturated rings. The molecule has 0 radical (unpaired) electrons. The van der Waals surface area contributed by atoms with Crippen LogP contribution in [-0.4, -0.2) is 16.8 Å². The molecule has 2 rings (SSSR count). The SMILES string of the molecule is CNC(c1cc(F)cc(Br)c1)c1cnn(C)c1. The Morgan fingerprint density at radius 1 is 1.35 bits per heavy atom. The zero-order chi connectivity index (χ0) is 12.4. The number of nitrogens with zero attached hydrogens (tertiary/aromatic N) is 2. The van der Waals surface area contributed by atoms with Crippen LogP contribution in [0.5, 0.6) is 0 Å². The highest BCUT2D eigenvalue weighted by molar-refractivity contribution is 9.10. The number of aromatic nitrogens is 2. The lowest BCUT2D eigenvalue weighted by molar-refractivity contribution is 0.615. The van der Waals surface area contributed by atoms with E-state index in [9.17, 15) is 4.39 Å². The quantitative estimate of drug-likeness (QED) is 0.944. The monoisotopic (exact) mass is 297 g/mol. The van der Waals surface area contributed by atoms with E-state index in [1.165, 1.54) is 12.1 Å². The van der Waals surface area contributed by atoms with E-state index in [-0.39, 0.29) is 11.9 Å². The average molecular weight is 298 g/mol. The topological polar surface area (TPSA) is 29.9 Å². The zero-order valence-corrected chi connectivity index (χ0v) is 11.2. The maximum Gasteiger partial charge on any atom is 0.124 e. The molecule has 5 heteroatoms. The van der Waals surface area contributed by atoms with Gasteiger partial charge in [0.1, 0.15) is 5.82 Å². The van der Waals surface area contributed by atoms with E-state index in [0.717, 1.165) is 15.6 Å². The molecule has 0 spiro atoms. The van der Waals surface area contributed by atoms with Crippen molar-refractivity contribution in [3.8, 4) is 0 Å². The maximum absolute atomic E-state index is 13.4. The minimum atomic E-state index is -0.251. The lowest BCUT2D eigenvalue weighted by Gasteiger charge is -2.15. The molecule has 1 aromatic carbocycles. The average Bonchev–Trinajstić information content (AvgIpc) is 2.64. The molecular weight excluding hydrogens is 285 g/mol. The number of rotatable bonds is 3. The third kappa shape index (κ3) is 2.73. The van der Waals surface area contributed by atoms with Crippen LogP contribution in [0.15, 0.2) is 35.1 Å². The van der Waals surface area contributed by atoms with Gasteiger partial charge in [-0.15, -0.1) is 0 Å². The van der Waals surface area contributed by atoms with Crippen LogP contribution in [0.4, 0.5) is 4.39 Å². The summed E-state index contributed by atoms with van der Waals surface area (Å²) in [6.45, 7) is 0. The molecule has 3 nitrogen and oxygen atoms in total. The normalized spacial score (nSPS) is 12.7. The molecule has 1 unspecified atom stereocenters. The Hall–Kier alpha value is -1.20. The summed E-state index contributed by atoms with van der Waals surface area (Å²) in [5.41, 5.74) is 1.87. The predicted molar refractivity (Wildman–Crippen MR) is 68.2 cm³/mol. The lowest BCUT2D eigenvalue weighted by atomic mass is 10.0. The smallest absolute Gasteiger partial charge is 0.124 e. The van der Waals surface area contributed by atoms with E-state index < -0.39 is 0 Å². The molecule has 0 aliphatic carbocycles. The Balaban J connectivity index is 2.41. The fourth-order valence-corrected chi connectivity index (χ4v) is 2.34. The molecule has 0 amide bonds. The highest BCUT2D eigenvalue weighted by atomic mass is 79.9. The van der Waals surface area contributed by atoms with Crippen molar-refractivity contribution in [1.29, 1.82) is 0 Å². The molecule has 1 atom stereocenters. The van der Waals surface area contributed by atoms with Gasteiger partial charge in [-0.3, -0.25) is 4.68 Å². The van der Waals surface area contributed by atoms with Crippen molar-refractivity contribution in [1.82, 2.24) is 15.1 Å². The number of nitrogens with one attached hydrogen (secondary N) is 1. The second-order valence-electron chi connectivity index (χ2n) is 3.87. The van der Waals surface area contributed by atoms with Crippen molar-refractivity contribution in [3.05, 3.63) is 52.0 Å². The first-order valence-corrected chi connectivity index (χ1v) is 6.01. The number of hydrogen-bond acceptors (Lipinski definition) is 2. The Morgan fingerprint density at radius 2 is 2.12 bits per heavy atom. The summed E-state index contributed by atoms with van der Waals surface area (Å²) >= 11 is 3.30. The van der Waals surface area contributed by atoms with Crippen molar-refractivity contribution in [2.24, 2.45) is 7.05 Å². The molecule has 1 aromatic heterocycles. The van der Waals surface area contributed by atoms with Gasteiger partial charge in [-0.2, -0.15) is 5.10 Å². The summed E-state index contributed by atoms with van der Waals surface area (Å²) in [6, 6.07) is 4.81. The van der Waals surface area contributed by atoms with Gasteiger partial charge in [-0.25, -0.2) is 4.39 Å². The molecule has 0 aliphatic heterocycles. The van der Waals surface area contributed by atoms with Crippen LogP contribution in [0.3, 0.4) is 0 Å². The molecule has 2 aromatic rings. The molecule has 1 N–H and O–H groups in total. The van der Waals surface area contributed by atoms with Crippen molar-refractivity contribution >= 4 is 15.9 Å². The summed E-state index contributed by atoms with van der Waals surface area (Å²) < 4.78 is 15.8. The first kappa shape index (κ1) is 12.3.